The minimum absolute atomic E-state index is 0.191. The van der Waals surface area contributed by atoms with Crippen LogP contribution in [0, 0.1) is 0 Å². The van der Waals surface area contributed by atoms with Gasteiger partial charge in [0.15, 0.2) is 0 Å². The number of aromatic nitrogens is 1. The van der Waals surface area contributed by atoms with E-state index in [4.69, 9.17) is 9.15 Å². The Hall–Kier alpha value is -3.90. The number of anilines is 2. The highest BCUT2D eigenvalue weighted by Crippen LogP contribution is 2.28. The zero-order valence-corrected chi connectivity index (χ0v) is 23.0. The molecule has 0 spiro atoms. The number of carbonyl (C=O) groups is 3. The molecule has 0 aliphatic rings. The summed E-state index contributed by atoms with van der Waals surface area (Å²) in [7, 11) is 3.91. The third kappa shape index (κ3) is 9.20. The fraction of sp³-hybridized carbons (Fsp3) is 0.385. The largest absolute Gasteiger partial charge is 0.467 e. The number of nitrogens with zero attached hydrogens (tertiary/aromatic N) is 2. The summed E-state index contributed by atoms with van der Waals surface area (Å²) >= 11 is 1.32. The average molecular weight is 543 g/mol. The molecule has 0 radical (unpaired) electrons. The van der Waals surface area contributed by atoms with Crippen molar-refractivity contribution >= 4 is 40.7 Å². The predicted molar refractivity (Wildman–Crippen MR) is 146 cm³/mol. The Balaban J connectivity index is 1.63. The van der Waals surface area contributed by atoms with Crippen LogP contribution in [0.3, 0.4) is 0 Å². The van der Waals surface area contributed by atoms with E-state index in [0.717, 1.165) is 12.1 Å². The van der Waals surface area contributed by atoms with E-state index in [-0.39, 0.29) is 24.3 Å². The SMILES string of the molecule is CN(C)CCC(NC(=O)NCc1ccco1)c1ccc(C(=O)Nc2cscc2NC(=O)OC(C)(C)C)nc1. The van der Waals surface area contributed by atoms with Crippen LogP contribution in [0.5, 0.6) is 0 Å². The number of hydrogen-bond acceptors (Lipinski definition) is 8. The third-order valence-corrected chi connectivity index (χ3v) is 5.88. The number of pyridine rings is 1. The number of ether oxygens (including phenoxy) is 1. The Morgan fingerprint density at radius 2 is 1.84 bits per heavy atom. The fourth-order valence-electron chi connectivity index (χ4n) is 3.34. The van der Waals surface area contributed by atoms with Crippen LogP contribution in [-0.4, -0.2) is 54.2 Å². The quantitative estimate of drug-likeness (QED) is 0.288. The van der Waals surface area contributed by atoms with E-state index in [1.54, 1.807) is 68.3 Å². The lowest BCUT2D eigenvalue weighted by atomic mass is 10.1. The third-order valence-electron chi connectivity index (χ3n) is 5.14. The van der Waals surface area contributed by atoms with Crippen molar-refractivity contribution in [1.82, 2.24) is 20.5 Å². The summed E-state index contributed by atoms with van der Waals surface area (Å²) in [6.07, 6.45) is 3.16. The second kappa shape index (κ2) is 13.1. The van der Waals surface area contributed by atoms with Gasteiger partial charge in [-0.1, -0.05) is 6.07 Å². The maximum atomic E-state index is 12.8. The van der Waals surface area contributed by atoms with Crippen LogP contribution in [-0.2, 0) is 11.3 Å². The summed E-state index contributed by atoms with van der Waals surface area (Å²) < 4.78 is 10.5. The van der Waals surface area contributed by atoms with Crippen LogP contribution < -0.4 is 21.3 Å². The summed E-state index contributed by atoms with van der Waals surface area (Å²) in [4.78, 5) is 43.8. The van der Waals surface area contributed by atoms with E-state index >= 15 is 0 Å². The van der Waals surface area contributed by atoms with Gasteiger partial charge in [0.1, 0.15) is 17.1 Å². The van der Waals surface area contributed by atoms with Gasteiger partial charge in [0.2, 0.25) is 0 Å². The second-order valence-electron chi connectivity index (χ2n) is 9.81. The van der Waals surface area contributed by atoms with Crippen molar-refractivity contribution in [2.75, 3.05) is 31.3 Å². The summed E-state index contributed by atoms with van der Waals surface area (Å²) in [5.41, 5.74) is 1.18. The lowest BCUT2D eigenvalue weighted by molar-refractivity contribution is 0.0635. The van der Waals surface area contributed by atoms with Gasteiger partial charge in [-0.2, -0.15) is 0 Å². The van der Waals surface area contributed by atoms with E-state index in [1.165, 1.54) is 11.3 Å². The monoisotopic (exact) mass is 542 g/mol. The smallest absolute Gasteiger partial charge is 0.412 e. The standard InChI is InChI=1S/C26H34N6O5S/c1-26(2,3)37-25(35)31-22-16-38-15-21(22)29-23(33)20-9-8-17(13-27-20)19(10-11-32(4)5)30-24(34)28-14-18-7-6-12-36-18/h6-9,12-13,15-16,19H,10-11,14H2,1-5H3,(H,29,33)(H,31,35)(H2,28,30,34). The maximum Gasteiger partial charge on any atom is 0.412 e. The first-order valence-corrected chi connectivity index (χ1v) is 13.0. The molecule has 0 fully saturated rings. The van der Waals surface area contributed by atoms with Gasteiger partial charge in [0.05, 0.1) is 30.2 Å². The molecule has 0 aliphatic heterocycles. The summed E-state index contributed by atoms with van der Waals surface area (Å²) in [6, 6.07) is 6.25. The molecule has 0 aromatic carbocycles. The Morgan fingerprint density at radius 3 is 2.45 bits per heavy atom. The van der Waals surface area contributed by atoms with E-state index in [9.17, 15) is 14.4 Å². The summed E-state index contributed by atoms with van der Waals surface area (Å²) in [6.45, 7) is 6.31. The van der Waals surface area contributed by atoms with Crippen molar-refractivity contribution in [3.05, 3.63) is 64.5 Å². The first-order valence-electron chi connectivity index (χ1n) is 12.0. The first-order chi connectivity index (χ1) is 18.0. The number of amides is 4. The van der Waals surface area contributed by atoms with E-state index in [2.05, 4.69) is 26.3 Å². The Morgan fingerprint density at radius 1 is 1.11 bits per heavy atom. The van der Waals surface area contributed by atoms with Crippen molar-refractivity contribution in [3.8, 4) is 0 Å². The molecule has 0 saturated carbocycles. The van der Waals surface area contributed by atoms with Crippen molar-refractivity contribution in [2.45, 2.75) is 45.4 Å². The lowest BCUT2D eigenvalue weighted by Gasteiger charge is -2.21. The normalized spacial score (nSPS) is 12.1. The molecule has 0 aliphatic carbocycles. The molecular formula is C26H34N6O5S. The molecule has 4 amide bonds. The highest BCUT2D eigenvalue weighted by atomic mass is 32.1. The van der Waals surface area contributed by atoms with Crippen LogP contribution in [0.25, 0.3) is 0 Å². The number of thiophene rings is 1. The number of urea groups is 1. The van der Waals surface area contributed by atoms with Gasteiger partial charge in [-0.3, -0.25) is 15.1 Å². The molecule has 38 heavy (non-hydrogen) atoms. The van der Waals surface area contributed by atoms with Crippen molar-refractivity contribution < 1.29 is 23.5 Å². The van der Waals surface area contributed by atoms with Gasteiger partial charge >= 0.3 is 12.1 Å². The van der Waals surface area contributed by atoms with Crippen LogP contribution in [0.4, 0.5) is 21.0 Å². The van der Waals surface area contributed by atoms with Crippen molar-refractivity contribution in [3.63, 3.8) is 0 Å². The van der Waals surface area contributed by atoms with Gasteiger partial charge in [-0.25, -0.2) is 9.59 Å². The molecule has 3 aromatic rings. The summed E-state index contributed by atoms with van der Waals surface area (Å²) in [5.74, 6) is 0.216. The topological polar surface area (TPSA) is 138 Å². The van der Waals surface area contributed by atoms with E-state index < -0.39 is 17.6 Å². The molecule has 1 atom stereocenters. The number of furan rings is 1. The zero-order valence-electron chi connectivity index (χ0n) is 22.2. The van der Waals surface area contributed by atoms with Crippen molar-refractivity contribution in [1.29, 1.82) is 0 Å². The first kappa shape index (κ1) is 28.7. The van der Waals surface area contributed by atoms with Gasteiger partial charge < -0.3 is 30.0 Å². The fourth-order valence-corrected chi connectivity index (χ4v) is 4.05. The Bertz CT molecular complexity index is 1200. The number of carbonyl (C=O) groups excluding carboxylic acids is 3. The second-order valence-corrected chi connectivity index (χ2v) is 10.6. The van der Waals surface area contributed by atoms with Gasteiger partial charge in [-0.05, 0) is 71.6 Å². The van der Waals surface area contributed by atoms with Gasteiger partial charge in [0.25, 0.3) is 5.91 Å². The molecular weight excluding hydrogens is 508 g/mol. The highest BCUT2D eigenvalue weighted by molar-refractivity contribution is 7.09. The lowest BCUT2D eigenvalue weighted by Crippen LogP contribution is -2.38. The molecule has 0 saturated heterocycles. The Labute approximate surface area is 226 Å². The minimum atomic E-state index is -0.644. The molecule has 0 bridgehead atoms. The number of rotatable bonds is 10. The van der Waals surface area contributed by atoms with Crippen LogP contribution in [0.15, 0.2) is 51.9 Å². The molecule has 11 nitrogen and oxygen atoms in total. The molecule has 3 aromatic heterocycles. The molecule has 1 unspecified atom stereocenters. The molecule has 4 N–H and O–H groups in total. The Kier molecular flexibility index (Phi) is 9.85. The molecule has 204 valence electrons. The highest BCUT2D eigenvalue weighted by Gasteiger charge is 2.20. The average Bonchev–Trinajstić information content (AvgIpc) is 3.51. The van der Waals surface area contributed by atoms with Gasteiger partial charge in [0, 0.05) is 17.0 Å². The van der Waals surface area contributed by atoms with E-state index in [0.29, 0.717) is 23.6 Å². The molecule has 12 heteroatoms. The predicted octanol–water partition coefficient (Wildman–Crippen LogP) is 4.83. The maximum absolute atomic E-state index is 12.8. The number of nitrogens with one attached hydrogen (secondary N) is 4. The molecule has 3 rings (SSSR count). The summed E-state index contributed by atoms with van der Waals surface area (Å²) in [5, 5.41) is 14.6. The zero-order chi connectivity index (χ0) is 27.7. The van der Waals surface area contributed by atoms with Crippen molar-refractivity contribution in [2.24, 2.45) is 0 Å². The number of hydrogen-bond donors (Lipinski definition) is 4. The van der Waals surface area contributed by atoms with E-state index in [1.807, 2.05) is 19.0 Å². The van der Waals surface area contributed by atoms with Crippen LogP contribution in [0.2, 0.25) is 0 Å². The van der Waals surface area contributed by atoms with Gasteiger partial charge in [-0.15, -0.1) is 11.3 Å². The van der Waals surface area contributed by atoms with Crippen LogP contribution >= 0.6 is 11.3 Å². The minimum Gasteiger partial charge on any atom is -0.467 e. The molecule has 3 heterocycles. The van der Waals surface area contributed by atoms with Crippen LogP contribution in [0.1, 0.15) is 55.0 Å².